The summed E-state index contributed by atoms with van der Waals surface area (Å²) < 4.78 is 32.6. The van der Waals surface area contributed by atoms with Gasteiger partial charge in [0.05, 0.1) is 18.2 Å². The Morgan fingerprint density at radius 1 is 1.19 bits per heavy atom. The first-order valence-corrected chi connectivity index (χ1v) is 10.9. The maximum atomic E-state index is 13.3. The Morgan fingerprint density at radius 3 is 2.55 bits per heavy atom. The molecule has 2 amide bonds. The first-order valence-electron chi connectivity index (χ1n) is 10.9. The van der Waals surface area contributed by atoms with Crippen molar-refractivity contribution in [2.24, 2.45) is 5.92 Å². The number of hydrogen-bond donors (Lipinski definition) is 2. The molecule has 1 heterocycles. The van der Waals surface area contributed by atoms with E-state index >= 15 is 0 Å². The van der Waals surface area contributed by atoms with Crippen molar-refractivity contribution in [3.05, 3.63) is 47.4 Å². The van der Waals surface area contributed by atoms with Gasteiger partial charge in [-0.2, -0.15) is 0 Å². The molecule has 1 aliphatic heterocycles. The number of amides is 2. The van der Waals surface area contributed by atoms with Gasteiger partial charge in [0.1, 0.15) is 17.8 Å². The fraction of sp³-hybridized carbons (Fsp3) is 0.565. The fourth-order valence-corrected chi connectivity index (χ4v) is 3.95. The SMILES string of the molecule is CC(C)N1CCC(OC2=CC=C(NC(=O)CNC(=O)C3C=C(F)C=C(F)C3)CC2)CC1. The summed E-state index contributed by atoms with van der Waals surface area (Å²) in [4.78, 5) is 26.6. The van der Waals surface area contributed by atoms with Crippen LogP contribution in [0.2, 0.25) is 0 Å². The molecule has 1 saturated heterocycles. The van der Waals surface area contributed by atoms with Crippen LogP contribution in [-0.2, 0) is 14.3 Å². The maximum absolute atomic E-state index is 13.3. The topological polar surface area (TPSA) is 70.7 Å². The van der Waals surface area contributed by atoms with E-state index in [1.807, 2.05) is 12.2 Å². The average molecular weight is 436 g/mol. The molecule has 6 nitrogen and oxygen atoms in total. The van der Waals surface area contributed by atoms with Gasteiger partial charge in [-0.25, -0.2) is 8.78 Å². The Balaban J connectivity index is 1.39. The second kappa shape index (κ2) is 10.7. The molecule has 0 bridgehead atoms. The van der Waals surface area contributed by atoms with Crippen LogP contribution in [0.25, 0.3) is 0 Å². The molecule has 170 valence electrons. The van der Waals surface area contributed by atoms with Crippen LogP contribution in [-0.4, -0.2) is 48.5 Å². The van der Waals surface area contributed by atoms with Crippen molar-refractivity contribution in [1.82, 2.24) is 15.5 Å². The first kappa shape index (κ1) is 23.2. The molecule has 31 heavy (non-hydrogen) atoms. The first-order chi connectivity index (χ1) is 14.8. The van der Waals surface area contributed by atoms with Gasteiger partial charge in [0.15, 0.2) is 0 Å². The molecule has 8 heteroatoms. The van der Waals surface area contributed by atoms with Crippen LogP contribution < -0.4 is 10.6 Å². The summed E-state index contributed by atoms with van der Waals surface area (Å²) in [6.45, 7) is 6.26. The Morgan fingerprint density at radius 2 is 1.94 bits per heavy atom. The Hall–Kier alpha value is -2.48. The van der Waals surface area contributed by atoms with Gasteiger partial charge >= 0.3 is 0 Å². The molecule has 3 aliphatic rings. The molecule has 0 aromatic rings. The molecule has 1 fully saturated rings. The number of carbonyl (C=O) groups is 2. The fourth-order valence-electron chi connectivity index (χ4n) is 3.95. The number of nitrogens with zero attached hydrogens (tertiary/aromatic N) is 1. The van der Waals surface area contributed by atoms with E-state index in [1.54, 1.807) is 0 Å². The van der Waals surface area contributed by atoms with Gasteiger partial charge in [-0.3, -0.25) is 9.59 Å². The quantitative estimate of drug-likeness (QED) is 0.643. The summed E-state index contributed by atoms with van der Waals surface area (Å²) in [7, 11) is 0. The van der Waals surface area contributed by atoms with E-state index in [1.165, 1.54) is 0 Å². The van der Waals surface area contributed by atoms with Crippen molar-refractivity contribution in [2.45, 2.75) is 58.1 Å². The Bertz CT molecular complexity index is 809. The number of carbonyl (C=O) groups excluding carboxylic acids is 2. The van der Waals surface area contributed by atoms with E-state index in [9.17, 15) is 18.4 Å². The number of likely N-dealkylation sites (tertiary alicyclic amines) is 1. The van der Waals surface area contributed by atoms with Crippen LogP contribution in [0.15, 0.2) is 47.4 Å². The molecule has 3 rings (SSSR count). The summed E-state index contributed by atoms with van der Waals surface area (Å²) in [6, 6.07) is 0.562. The van der Waals surface area contributed by atoms with E-state index in [4.69, 9.17) is 4.74 Å². The van der Waals surface area contributed by atoms with Gasteiger partial charge in [0.25, 0.3) is 0 Å². The summed E-state index contributed by atoms with van der Waals surface area (Å²) in [6.07, 6.45) is 8.94. The van der Waals surface area contributed by atoms with Crippen LogP contribution in [0.5, 0.6) is 0 Å². The molecule has 2 aliphatic carbocycles. The molecule has 0 aromatic carbocycles. The van der Waals surface area contributed by atoms with Crippen molar-refractivity contribution >= 4 is 11.8 Å². The third-order valence-electron chi connectivity index (χ3n) is 5.77. The van der Waals surface area contributed by atoms with Crippen molar-refractivity contribution in [1.29, 1.82) is 0 Å². The number of piperidine rings is 1. The van der Waals surface area contributed by atoms with Gasteiger partial charge in [-0.05, 0) is 51.3 Å². The minimum atomic E-state index is -0.943. The lowest BCUT2D eigenvalue weighted by Gasteiger charge is -2.35. The number of halogens is 2. The summed E-state index contributed by atoms with van der Waals surface area (Å²) in [5.74, 6) is -2.44. The van der Waals surface area contributed by atoms with Gasteiger partial charge < -0.3 is 20.3 Å². The third kappa shape index (κ3) is 7.02. The lowest BCUT2D eigenvalue weighted by molar-refractivity contribution is -0.127. The Labute approximate surface area is 182 Å². The van der Waals surface area contributed by atoms with Crippen molar-refractivity contribution in [3.63, 3.8) is 0 Å². The zero-order valence-corrected chi connectivity index (χ0v) is 18.1. The van der Waals surface area contributed by atoms with E-state index < -0.39 is 23.5 Å². The zero-order valence-electron chi connectivity index (χ0n) is 18.1. The monoisotopic (exact) mass is 435 g/mol. The zero-order chi connectivity index (χ0) is 22.4. The van der Waals surface area contributed by atoms with Gasteiger partial charge in [-0.1, -0.05) is 0 Å². The number of rotatable bonds is 7. The predicted molar refractivity (Wildman–Crippen MR) is 114 cm³/mol. The smallest absolute Gasteiger partial charge is 0.243 e. The lowest BCUT2D eigenvalue weighted by Crippen LogP contribution is -2.41. The van der Waals surface area contributed by atoms with E-state index in [0.29, 0.717) is 18.9 Å². The maximum Gasteiger partial charge on any atom is 0.243 e. The second-order valence-electron chi connectivity index (χ2n) is 8.49. The van der Waals surface area contributed by atoms with Crippen LogP contribution in [0.4, 0.5) is 8.78 Å². The molecule has 1 unspecified atom stereocenters. The van der Waals surface area contributed by atoms with Gasteiger partial charge in [0.2, 0.25) is 11.8 Å². The van der Waals surface area contributed by atoms with Gasteiger partial charge in [0, 0.05) is 43.7 Å². The van der Waals surface area contributed by atoms with Gasteiger partial charge in [-0.15, -0.1) is 0 Å². The van der Waals surface area contributed by atoms with Crippen LogP contribution in [0, 0.1) is 5.92 Å². The molecule has 0 aromatic heterocycles. The highest BCUT2D eigenvalue weighted by Crippen LogP contribution is 2.25. The number of ether oxygens (including phenoxy) is 1. The van der Waals surface area contributed by atoms with Crippen LogP contribution in [0.3, 0.4) is 0 Å². The van der Waals surface area contributed by atoms with E-state index in [2.05, 4.69) is 29.4 Å². The number of allylic oxidation sites excluding steroid dienone is 7. The standard InChI is InChI=1S/C23H31F2N3O3/c1-15(2)28-9-7-21(8-10-28)31-20-5-3-19(4-6-20)27-22(29)14-26-23(30)16-11-17(24)13-18(25)12-16/h3,5,11,13,15-16,21H,4,6-10,12,14H2,1-2H3,(H,26,30)(H,27,29). The van der Waals surface area contributed by atoms with E-state index in [0.717, 1.165) is 49.5 Å². The molecule has 0 spiro atoms. The molecule has 0 radical (unpaired) electrons. The van der Waals surface area contributed by atoms with E-state index in [-0.39, 0.29) is 25.0 Å². The van der Waals surface area contributed by atoms with Crippen molar-refractivity contribution in [3.8, 4) is 0 Å². The molecule has 0 saturated carbocycles. The summed E-state index contributed by atoms with van der Waals surface area (Å²) in [5.41, 5.74) is 0.749. The third-order valence-corrected chi connectivity index (χ3v) is 5.77. The van der Waals surface area contributed by atoms with Crippen molar-refractivity contribution < 1.29 is 23.1 Å². The van der Waals surface area contributed by atoms with Crippen LogP contribution in [0.1, 0.15) is 46.0 Å². The molecular formula is C23H31F2N3O3. The average Bonchev–Trinajstić information content (AvgIpc) is 2.73. The number of nitrogens with one attached hydrogen (secondary N) is 2. The lowest BCUT2D eigenvalue weighted by atomic mass is 9.98. The molecular weight excluding hydrogens is 404 g/mol. The summed E-state index contributed by atoms with van der Waals surface area (Å²) in [5, 5.41) is 5.19. The highest BCUT2D eigenvalue weighted by molar-refractivity contribution is 5.87. The highest BCUT2D eigenvalue weighted by Gasteiger charge is 2.24. The van der Waals surface area contributed by atoms with Crippen LogP contribution >= 0.6 is 0 Å². The van der Waals surface area contributed by atoms with Crippen molar-refractivity contribution in [2.75, 3.05) is 19.6 Å². The second-order valence-corrected chi connectivity index (χ2v) is 8.49. The minimum absolute atomic E-state index is 0.198. The normalized spacial score (nSPS) is 22.8. The molecule has 2 N–H and O–H groups in total. The largest absolute Gasteiger partial charge is 0.495 e. The molecule has 1 atom stereocenters. The minimum Gasteiger partial charge on any atom is -0.495 e. The highest BCUT2D eigenvalue weighted by atomic mass is 19.1. The number of hydrogen-bond acceptors (Lipinski definition) is 4. The summed E-state index contributed by atoms with van der Waals surface area (Å²) >= 11 is 0. The Kier molecular flexibility index (Phi) is 8.01. The predicted octanol–water partition coefficient (Wildman–Crippen LogP) is 3.40.